The van der Waals surface area contributed by atoms with Crippen LogP contribution in [0.4, 0.5) is 0 Å². The average Bonchev–Trinajstić information content (AvgIpc) is 2.92. The van der Waals surface area contributed by atoms with Crippen molar-refractivity contribution in [1.29, 1.82) is 0 Å². The Bertz CT molecular complexity index is 632. The topological polar surface area (TPSA) is 57.3 Å². The second-order valence-electron chi connectivity index (χ2n) is 9.13. The highest BCUT2D eigenvalue weighted by Gasteiger charge is 2.64. The van der Waals surface area contributed by atoms with Crippen LogP contribution in [-0.4, -0.2) is 47.7 Å². The summed E-state index contributed by atoms with van der Waals surface area (Å²) in [5.41, 5.74) is 0.146. The fourth-order valence-electron chi connectivity index (χ4n) is 5.59. The van der Waals surface area contributed by atoms with Crippen molar-refractivity contribution in [3.8, 4) is 0 Å². The molecule has 0 radical (unpaired) electrons. The minimum absolute atomic E-state index is 0.0312. The van der Waals surface area contributed by atoms with Crippen molar-refractivity contribution in [2.24, 2.45) is 11.8 Å². The molecular weight excluding hydrogens is 320 g/mol. The summed E-state index contributed by atoms with van der Waals surface area (Å²) < 4.78 is 24.9. The van der Waals surface area contributed by atoms with Gasteiger partial charge in [-0.25, -0.2) is 4.79 Å². The highest BCUT2D eigenvalue weighted by molar-refractivity contribution is 5.91. The summed E-state index contributed by atoms with van der Waals surface area (Å²) in [7, 11) is 0. The van der Waals surface area contributed by atoms with E-state index in [9.17, 15) is 4.79 Å². The lowest BCUT2D eigenvalue weighted by Crippen LogP contribution is -2.54. The van der Waals surface area contributed by atoms with E-state index in [-0.39, 0.29) is 53.6 Å². The number of carbonyl (C=O) groups excluding carboxylic acids is 1. The van der Waals surface area contributed by atoms with E-state index in [4.69, 9.17) is 18.9 Å². The van der Waals surface area contributed by atoms with Gasteiger partial charge in [0.1, 0.15) is 11.7 Å². The number of rotatable bonds is 0. The van der Waals surface area contributed by atoms with Crippen LogP contribution in [0.15, 0.2) is 12.2 Å². The van der Waals surface area contributed by atoms with Crippen LogP contribution in [0.3, 0.4) is 0 Å². The summed E-state index contributed by atoms with van der Waals surface area (Å²) in [5, 5.41) is 0. The van der Waals surface area contributed by atoms with Gasteiger partial charge < -0.3 is 18.9 Å². The van der Waals surface area contributed by atoms with Crippen LogP contribution in [-0.2, 0) is 23.7 Å². The van der Waals surface area contributed by atoms with Crippen molar-refractivity contribution in [1.82, 2.24) is 0 Å². The first kappa shape index (κ1) is 16.3. The van der Waals surface area contributed by atoms with E-state index in [1.165, 1.54) is 0 Å². The number of epoxide rings is 1. The molecule has 0 aromatic heterocycles. The van der Waals surface area contributed by atoms with Crippen molar-refractivity contribution >= 4 is 5.97 Å². The molecular formula is C20H28O5. The molecule has 25 heavy (non-hydrogen) atoms. The van der Waals surface area contributed by atoms with E-state index >= 15 is 0 Å². The zero-order chi connectivity index (χ0) is 17.6. The molecule has 138 valence electrons. The van der Waals surface area contributed by atoms with Gasteiger partial charge in [-0.2, -0.15) is 0 Å². The first-order valence-electron chi connectivity index (χ1n) is 9.73. The van der Waals surface area contributed by atoms with Gasteiger partial charge in [0.05, 0.1) is 30.0 Å². The van der Waals surface area contributed by atoms with Gasteiger partial charge in [0.2, 0.25) is 0 Å². The van der Waals surface area contributed by atoms with Crippen molar-refractivity contribution in [2.75, 3.05) is 0 Å². The summed E-state index contributed by atoms with van der Waals surface area (Å²) >= 11 is 0. The number of hydrogen-bond donors (Lipinski definition) is 0. The summed E-state index contributed by atoms with van der Waals surface area (Å²) in [6, 6.07) is 0. The maximum absolute atomic E-state index is 12.1. The van der Waals surface area contributed by atoms with Gasteiger partial charge in [-0.05, 0) is 51.9 Å². The minimum Gasteiger partial charge on any atom is -0.456 e. The molecule has 0 saturated carbocycles. The molecule has 0 aromatic rings. The Kier molecular flexibility index (Phi) is 3.31. The molecule has 4 bridgehead atoms. The minimum atomic E-state index is -0.330. The quantitative estimate of drug-likeness (QED) is 0.383. The van der Waals surface area contributed by atoms with Crippen LogP contribution in [0.1, 0.15) is 52.9 Å². The van der Waals surface area contributed by atoms with Crippen LogP contribution < -0.4 is 0 Å². The predicted molar refractivity (Wildman–Crippen MR) is 90.0 cm³/mol. The highest BCUT2D eigenvalue weighted by Crippen LogP contribution is 2.54. The summed E-state index contributed by atoms with van der Waals surface area (Å²) in [6.45, 7) is 10.6. The van der Waals surface area contributed by atoms with Crippen molar-refractivity contribution in [2.45, 2.75) is 94.6 Å². The fourth-order valence-corrected chi connectivity index (χ4v) is 5.59. The third-order valence-electron chi connectivity index (χ3n) is 7.52. The Hall–Kier alpha value is -0.910. The number of ether oxygens (including phenoxy) is 4. The fraction of sp³-hybridized carbons (Fsp3) is 0.850. The smallest absolute Gasteiger partial charge is 0.334 e. The Labute approximate surface area is 149 Å². The van der Waals surface area contributed by atoms with Gasteiger partial charge in [-0.15, -0.1) is 0 Å². The van der Waals surface area contributed by atoms with Gasteiger partial charge in [0.15, 0.2) is 0 Å². The van der Waals surface area contributed by atoms with E-state index in [2.05, 4.69) is 27.4 Å². The molecule has 5 rings (SSSR count). The number of hydrogen-bond acceptors (Lipinski definition) is 5. The summed E-state index contributed by atoms with van der Waals surface area (Å²) in [4.78, 5) is 12.1. The lowest BCUT2D eigenvalue weighted by molar-refractivity contribution is -0.217. The second kappa shape index (κ2) is 5.08. The standard InChI is InChI=1S/C20H28O5/c1-10-5-6-13-20(4,25-13)14-7-8-19(3,24-14)15-9-12-11(2)18(21)23-17(12)16(10)22-15/h10,12-17H,2,5-9H2,1,3-4H3/t10-,12+,13+,14+,15+,16+,17-,19-,20-/m1/s1. The van der Waals surface area contributed by atoms with Crippen molar-refractivity contribution in [3.05, 3.63) is 12.2 Å². The van der Waals surface area contributed by atoms with Crippen LogP contribution in [0.25, 0.3) is 0 Å². The van der Waals surface area contributed by atoms with Gasteiger partial charge in [-0.3, -0.25) is 0 Å². The molecule has 0 unspecified atom stereocenters. The van der Waals surface area contributed by atoms with Gasteiger partial charge in [0.25, 0.3) is 0 Å². The molecule has 0 aromatic carbocycles. The zero-order valence-corrected chi connectivity index (χ0v) is 15.3. The molecule has 5 nitrogen and oxygen atoms in total. The average molecular weight is 348 g/mol. The van der Waals surface area contributed by atoms with E-state index < -0.39 is 0 Å². The molecule has 5 heterocycles. The van der Waals surface area contributed by atoms with Crippen molar-refractivity contribution in [3.63, 3.8) is 0 Å². The molecule has 5 saturated heterocycles. The number of carbonyl (C=O) groups is 1. The monoisotopic (exact) mass is 348 g/mol. The Morgan fingerprint density at radius 1 is 1.04 bits per heavy atom. The molecule has 0 N–H and O–H groups in total. The maximum Gasteiger partial charge on any atom is 0.334 e. The van der Waals surface area contributed by atoms with Gasteiger partial charge >= 0.3 is 5.97 Å². The summed E-state index contributed by atoms with van der Waals surface area (Å²) in [6.07, 6.45) is 4.84. The van der Waals surface area contributed by atoms with Crippen molar-refractivity contribution < 1.29 is 23.7 Å². The van der Waals surface area contributed by atoms with E-state index in [1.54, 1.807) is 0 Å². The van der Waals surface area contributed by atoms with E-state index in [0.29, 0.717) is 11.5 Å². The second-order valence-corrected chi connectivity index (χ2v) is 9.13. The molecule has 5 fully saturated rings. The maximum atomic E-state index is 12.1. The molecule has 5 aliphatic rings. The van der Waals surface area contributed by atoms with Gasteiger partial charge in [0, 0.05) is 11.5 Å². The third-order valence-corrected chi connectivity index (χ3v) is 7.52. The Morgan fingerprint density at radius 3 is 2.60 bits per heavy atom. The largest absolute Gasteiger partial charge is 0.456 e. The SMILES string of the molecule is C=C1C(=O)O[C@H]2[C@H]3O[C@@H](C[C@@H]12)[C@@]1(C)CC[C@H](O1)[C@]1(C)O[C@H]1CC[C@H]3C. The predicted octanol–water partition coefficient (Wildman–Crippen LogP) is 2.77. The normalized spacial score (nSPS) is 57.3. The molecule has 0 spiro atoms. The number of esters is 1. The molecule has 0 amide bonds. The highest BCUT2D eigenvalue weighted by atomic mass is 16.7. The molecule has 5 heteroatoms. The van der Waals surface area contributed by atoms with E-state index in [0.717, 1.165) is 32.1 Å². The van der Waals surface area contributed by atoms with Crippen LogP contribution in [0, 0.1) is 11.8 Å². The Morgan fingerprint density at radius 2 is 1.80 bits per heavy atom. The zero-order valence-electron chi connectivity index (χ0n) is 15.3. The molecule has 9 atom stereocenters. The van der Waals surface area contributed by atoms with E-state index in [1.807, 2.05) is 0 Å². The molecule has 0 aliphatic carbocycles. The molecule has 5 aliphatic heterocycles. The summed E-state index contributed by atoms with van der Waals surface area (Å²) in [5.74, 6) is 0.111. The first-order valence-corrected chi connectivity index (χ1v) is 9.73. The number of fused-ring (bicyclic) bond motifs is 9. The van der Waals surface area contributed by atoms with Crippen LogP contribution in [0.5, 0.6) is 0 Å². The van der Waals surface area contributed by atoms with Crippen LogP contribution in [0.2, 0.25) is 0 Å². The third kappa shape index (κ3) is 2.22. The first-order chi connectivity index (χ1) is 11.8. The Balaban J connectivity index is 1.51. The lowest BCUT2D eigenvalue weighted by atomic mass is 9.76. The van der Waals surface area contributed by atoms with Gasteiger partial charge in [-0.1, -0.05) is 13.5 Å². The lowest BCUT2D eigenvalue weighted by Gasteiger charge is -2.45. The van der Waals surface area contributed by atoms with Crippen LogP contribution >= 0.6 is 0 Å².